The van der Waals surface area contributed by atoms with Crippen LogP contribution in [0.25, 0.3) is 22.6 Å². The van der Waals surface area contributed by atoms with Crippen LogP contribution in [-0.2, 0) is 12.7 Å². The molecule has 0 atom stereocenters. The van der Waals surface area contributed by atoms with E-state index in [1.807, 2.05) is 16.8 Å². The van der Waals surface area contributed by atoms with Crippen molar-refractivity contribution < 1.29 is 17.7 Å². The monoisotopic (exact) mass is 405 g/mol. The highest BCUT2D eigenvalue weighted by molar-refractivity contribution is 7.08. The van der Waals surface area contributed by atoms with Crippen LogP contribution in [0.5, 0.6) is 0 Å². The van der Waals surface area contributed by atoms with Crippen molar-refractivity contribution in [2.24, 2.45) is 0 Å². The number of aromatic nitrogens is 6. The fourth-order valence-corrected chi connectivity index (χ4v) is 2.84. The summed E-state index contributed by atoms with van der Waals surface area (Å²) in [6.45, 7) is 0.230. The summed E-state index contributed by atoms with van der Waals surface area (Å²) >= 11 is 1.57. The smallest absolute Gasteiger partial charge is 0.347 e. The van der Waals surface area contributed by atoms with Gasteiger partial charge in [-0.3, -0.25) is 0 Å². The molecule has 0 bridgehead atoms. The molecule has 0 saturated heterocycles. The fraction of sp³-hybridized carbons (Fsp3) is 0.125. The Morgan fingerprint density at radius 2 is 1.86 bits per heavy atom. The number of halogens is 3. The highest BCUT2D eigenvalue weighted by Crippen LogP contribution is 2.29. The molecular formula is C16H10F3N7OS. The summed E-state index contributed by atoms with van der Waals surface area (Å²) in [5, 5.41) is 10.2. The Balaban J connectivity index is 1.43. The maximum absolute atomic E-state index is 12.5. The molecule has 0 fully saturated rings. The fourth-order valence-electron chi connectivity index (χ4n) is 2.19. The van der Waals surface area contributed by atoms with E-state index in [0.717, 1.165) is 11.3 Å². The Morgan fingerprint density at radius 1 is 1.04 bits per heavy atom. The summed E-state index contributed by atoms with van der Waals surface area (Å²) in [6, 6.07) is 3.76. The molecule has 142 valence electrons. The second kappa shape index (κ2) is 7.31. The first kappa shape index (κ1) is 18.0. The lowest BCUT2D eigenvalue weighted by atomic mass is 10.2. The van der Waals surface area contributed by atoms with Crippen LogP contribution in [0, 0.1) is 0 Å². The van der Waals surface area contributed by atoms with Gasteiger partial charge in [-0.15, -0.1) is 0 Å². The third kappa shape index (κ3) is 3.96. The van der Waals surface area contributed by atoms with E-state index in [9.17, 15) is 13.2 Å². The van der Waals surface area contributed by atoms with Crippen LogP contribution >= 0.6 is 11.3 Å². The predicted molar refractivity (Wildman–Crippen MR) is 93.0 cm³/mol. The van der Waals surface area contributed by atoms with E-state index in [4.69, 9.17) is 0 Å². The minimum Gasteiger partial charge on any atom is -0.347 e. The summed E-state index contributed by atoms with van der Waals surface area (Å²) in [4.78, 5) is 20.0. The van der Waals surface area contributed by atoms with Crippen molar-refractivity contribution in [2.45, 2.75) is 12.7 Å². The SMILES string of the molecule is FC(F)(F)c1nc(-c2cnc(CNc3nccc(-c4ccsc4)n3)nc2)no1. The van der Waals surface area contributed by atoms with Gasteiger partial charge in [-0.05, 0) is 17.5 Å². The van der Waals surface area contributed by atoms with Crippen LogP contribution in [0.15, 0.2) is 46.0 Å². The Morgan fingerprint density at radius 3 is 2.54 bits per heavy atom. The largest absolute Gasteiger partial charge is 0.471 e. The normalized spacial score (nSPS) is 11.5. The van der Waals surface area contributed by atoms with Gasteiger partial charge in [0, 0.05) is 29.5 Å². The molecule has 12 heteroatoms. The van der Waals surface area contributed by atoms with Gasteiger partial charge in [0.2, 0.25) is 11.8 Å². The van der Waals surface area contributed by atoms with Gasteiger partial charge in [-0.25, -0.2) is 19.9 Å². The van der Waals surface area contributed by atoms with Gasteiger partial charge in [0.15, 0.2) is 0 Å². The lowest BCUT2D eigenvalue weighted by Gasteiger charge is -2.05. The molecule has 0 spiro atoms. The molecule has 0 saturated carbocycles. The average molecular weight is 405 g/mol. The van der Waals surface area contributed by atoms with E-state index in [0.29, 0.717) is 11.8 Å². The van der Waals surface area contributed by atoms with Crippen LogP contribution in [0.4, 0.5) is 19.1 Å². The van der Waals surface area contributed by atoms with Crippen LogP contribution < -0.4 is 5.32 Å². The van der Waals surface area contributed by atoms with Crippen molar-refractivity contribution in [3.8, 4) is 22.6 Å². The van der Waals surface area contributed by atoms with Crippen LogP contribution in [0.3, 0.4) is 0 Å². The third-order valence-corrected chi connectivity index (χ3v) is 4.19. The molecule has 8 nitrogen and oxygen atoms in total. The molecule has 4 aromatic heterocycles. The predicted octanol–water partition coefficient (Wildman–Crippen LogP) is 3.68. The standard InChI is InChI=1S/C16H10F3N7OS/c17-16(18,19)14-25-13(26-27-14)10-5-21-12(22-6-10)7-23-15-20-3-1-11(24-15)9-2-4-28-8-9/h1-6,8H,7H2,(H,20,23,24). The van der Waals surface area contributed by atoms with Crippen LogP contribution in [0.2, 0.25) is 0 Å². The van der Waals surface area contributed by atoms with Crippen LogP contribution in [0.1, 0.15) is 11.7 Å². The summed E-state index contributed by atoms with van der Waals surface area (Å²) in [6.07, 6.45) is -0.427. The minimum atomic E-state index is -4.70. The molecule has 4 heterocycles. The van der Waals surface area contributed by atoms with Crippen molar-refractivity contribution in [1.29, 1.82) is 0 Å². The van der Waals surface area contributed by atoms with Gasteiger partial charge >= 0.3 is 12.1 Å². The Kier molecular flexibility index (Phi) is 4.69. The van der Waals surface area contributed by atoms with Crippen molar-refractivity contribution in [3.05, 3.63) is 53.2 Å². The topological polar surface area (TPSA) is 103 Å². The first-order valence-electron chi connectivity index (χ1n) is 7.81. The summed E-state index contributed by atoms with van der Waals surface area (Å²) in [5.41, 5.74) is 1.99. The number of nitrogens with zero attached hydrogens (tertiary/aromatic N) is 6. The Hall–Kier alpha value is -3.41. The number of anilines is 1. The average Bonchev–Trinajstić information content (AvgIpc) is 3.39. The minimum absolute atomic E-state index is 0.207. The molecule has 0 aromatic carbocycles. The molecule has 0 aliphatic carbocycles. The molecule has 0 aliphatic heterocycles. The maximum atomic E-state index is 12.5. The number of hydrogen-bond acceptors (Lipinski definition) is 9. The van der Waals surface area contributed by atoms with E-state index in [1.165, 1.54) is 12.4 Å². The molecular weight excluding hydrogens is 395 g/mol. The summed E-state index contributed by atoms with van der Waals surface area (Å²) in [7, 11) is 0. The lowest BCUT2D eigenvalue weighted by Crippen LogP contribution is -2.07. The van der Waals surface area contributed by atoms with Crippen molar-refractivity contribution >= 4 is 17.3 Å². The second-order valence-corrected chi connectivity index (χ2v) is 6.22. The molecule has 4 rings (SSSR count). The van der Waals surface area contributed by atoms with E-state index >= 15 is 0 Å². The van der Waals surface area contributed by atoms with Crippen molar-refractivity contribution in [2.75, 3.05) is 5.32 Å². The van der Waals surface area contributed by atoms with E-state index < -0.39 is 12.1 Å². The number of hydrogen-bond donors (Lipinski definition) is 1. The second-order valence-electron chi connectivity index (χ2n) is 5.44. The van der Waals surface area contributed by atoms with Gasteiger partial charge in [0.05, 0.1) is 17.8 Å². The van der Waals surface area contributed by atoms with Gasteiger partial charge in [-0.1, -0.05) is 5.16 Å². The van der Waals surface area contributed by atoms with Gasteiger partial charge in [0.25, 0.3) is 0 Å². The maximum Gasteiger partial charge on any atom is 0.471 e. The molecule has 4 aromatic rings. The molecule has 28 heavy (non-hydrogen) atoms. The zero-order chi connectivity index (χ0) is 19.6. The van der Waals surface area contributed by atoms with Gasteiger partial charge in [0.1, 0.15) is 5.82 Å². The first-order valence-corrected chi connectivity index (χ1v) is 8.75. The van der Waals surface area contributed by atoms with E-state index in [2.05, 4.69) is 39.9 Å². The quantitative estimate of drug-likeness (QED) is 0.536. The van der Waals surface area contributed by atoms with Gasteiger partial charge < -0.3 is 9.84 Å². The van der Waals surface area contributed by atoms with Crippen molar-refractivity contribution in [1.82, 2.24) is 30.1 Å². The Bertz CT molecular complexity index is 1060. The highest BCUT2D eigenvalue weighted by atomic mass is 32.1. The molecule has 0 radical (unpaired) electrons. The Labute approximate surface area is 159 Å². The lowest BCUT2D eigenvalue weighted by molar-refractivity contribution is -0.159. The number of rotatable bonds is 5. The summed E-state index contributed by atoms with van der Waals surface area (Å²) in [5.74, 6) is -0.855. The van der Waals surface area contributed by atoms with E-state index in [1.54, 1.807) is 23.6 Å². The third-order valence-electron chi connectivity index (χ3n) is 3.51. The zero-order valence-electron chi connectivity index (χ0n) is 13.9. The molecule has 1 N–H and O–H groups in total. The number of alkyl halides is 3. The number of nitrogens with one attached hydrogen (secondary N) is 1. The zero-order valence-corrected chi connectivity index (χ0v) is 14.7. The number of thiophene rings is 1. The highest BCUT2D eigenvalue weighted by Gasteiger charge is 2.38. The van der Waals surface area contributed by atoms with Crippen LogP contribution in [-0.4, -0.2) is 30.1 Å². The van der Waals surface area contributed by atoms with Crippen molar-refractivity contribution in [3.63, 3.8) is 0 Å². The molecule has 0 amide bonds. The molecule has 0 aliphatic rings. The molecule has 0 unspecified atom stereocenters. The first-order chi connectivity index (χ1) is 13.5. The van der Waals surface area contributed by atoms with Gasteiger partial charge in [-0.2, -0.15) is 29.5 Å². The summed E-state index contributed by atoms with van der Waals surface area (Å²) < 4.78 is 41.7. The van der Waals surface area contributed by atoms with E-state index in [-0.39, 0.29) is 17.9 Å².